The van der Waals surface area contributed by atoms with Crippen molar-refractivity contribution in [3.63, 3.8) is 0 Å². The van der Waals surface area contributed by atoms with Crippen LogP contribution in [0.25, 0.3) is 0 Å². The summed E-state index contributed by atoms with van der Waals surface area (Å²) in [6.07, 6.45) is -5.46. The highest BCUT2D eigenvalue weighted by molar-refractivity contribution is 7.89. The number of nitrogens with one attached hydrogen (secondary N) is 3. The van der Waals surface area contributed by atoms with Crippen LogP contribution in [0, 0.1) is 5.92 Å². The van der Waals surface area contributed by atoms with Gasteiger partial charge in [-0.25, -0.2) is 13.1 Å². The maximum absolute atomic E-state index is 12.1. The lowest BCUT2D eigenvalue weighted by atomic mass is 10.1. The fourth-order valence-corrected chi connectivity index (χ4v) is 3.28. The van der Waals surface area contributed by atoms with Gasteiger partial charge in [-0.05, 0) is 24.3 Å². The van der Waals surface area contributed by atoms with E-state index in [2.05, 4.69) is 15.4 Å². The number of carbonyl (C=O) groups excluding carboxylic acids is 1. The molecule has 1 aliphatic rings. The SMILES string of the molecule is O=C(CNS(=O)(=O)c1ccc(OC(F)(F)F)cc1)NCC1CNCC1O. The zero-order chi connectivity index (χ0) is 19.4. The van der Waals surface area contributed by atoms with Crippen LogP contribution in [-0.2, 0) is 14.8 Å². The summed E-state index contributed by atoms with van der Waals surface area (Å²) in [6.45, 7) is 0.623. The number of halogens is 3. The second-order valence-electron chi connectivity index (χ2n) is 5.63. The number of rotatable bonds is 7. The molecule has 1 aliphatic heterocycles. The second kappa shape index (κ2) is 8.20. The molecule has 1 heterocycles. The zero-order valence-electron chi connectivity index (χ0n) is 13.4. The molecule has 146 valence electrons. The first-order chi connectivity index (χ1) is 12.1. The molecule has 26 heavy (non-hydrogen) atoms. The molecule has 1 saturated heterocycles. The number of hydrogen-bond acceptors (Lipinski definition) is 6. The quantitative estimate of drug-likeness (QED) is 0.496. The molecular formula is C14H18F3N3O5S. The van der Waals surface area contributed by atoms with Gasteiger partial charge in [-0.15, -0.1) is 13.2 Å². The van der Waals surface area contributed by atoms with Crippen molar-refractivity contribution in [3.05, 3.63) is 24.3 Å². The van der Waals surface area contributed by atoms with Crippen molar-refractivity contribution in [2.75, 3.05) is 26.2 Å². The van der Waals surface area contributed by atoms with E-state index in [-0.39, 0.29) is 17.4 Å². The molecule has 0 saturated carbocycles. The van der Waals surface area contributed by atoms with E-state index < -0.39 is 40.7 Å². The van der Waals surface area contributed by atoms with Crippen LogP contribution in [0.5, 0.6) is 5.75 Å². The summed E-state index contributed by atoms with van der Waals surface area (Å²) < 4.78 is 66.0. The number of aliphatic hydroxyl groups is 1. The third-order valence-corrected chi connectivity index (χ3v) is 5.07. The van der Waals surface area contributed by atoms with Crippen molar-refractivity contribution in [3.8, 4) is 5.75 Å². The van der Waals surface area contributed by atoms with Crippen LogP contribution in [0.2, 0.25) is 0 Å². The maximum atomic E-state index is 12.1. The minimum Gasteiger partial charge on any atom is -0.406 e. The summed E-state index contributed by atoms with van der Waals surface area (Å²) in [5, 5.41) is 15.0. The topological polar surface area (TPSA) is 117 Å². The lowest BCUT2D eigenvalue weighted by Crippen LogP contribution is -2.40. The fraction of sp³-hybridized carbons (Fsp3) is 0.500. The van der Waals surface area contributed by atoms with Crippen molar-refractivity contribution < 1.29 is 36.2 Å². The molecule has 8 nitrogen and oxygen atoms in total. The Morgan fingerprint density at radius 1 is 1.27 bits per heavy atom. The monoisotopic (exact) mass is 397 g/mol. The smallest absolute Gasteiger partial charge is 0.406 e. The molecule has 1 fully saturated rings. The van der Waals surface area contributed by atoms with E-state index in [0.717, 1.165) is 24.3 Å². The predicted octanol–water partition coefficient (Wildman–Crippen LogP) is -0.440. The van der Waals surface area contributed by atoms with E-state index in [9.17, 15) is 31.5 Å². The van der Waals surface area contributed by atoms with Gasteiger partial charge in [0.25, 0.3) is 0 Å². The fourth-order valence-electron chi connectivity index (χ4n) is 2.30. The van der Waals surface area contributed by atoms with Crippen LogP contribution in [0.15, 0.2) is 29.2 Å². The summed E-state index contributed by atoms with van der Waals surface area (Å²) in [5.41, 5.74) is 0. The first-order valence-corrected chi connectivity index (χ1v) is 9.06. The average molecular weight is 397 g/mol. The Hall–Kier alpha value is -1.89. The predicted molar refractivity (Wildman–Crippen MR) is 83.7 cm³/mol. The van der Waals surface area contributed by atoms with Gasteiger partial charge in [0.1, 0.15) is 5.75 Å². The van der Waals surface area contributed by atoms with E-state index >= 15 is 0 Å². The lowest BCUT2D eigenvalue weighted by Gasteiger charge is -2.14. The van der Waals surface area contributed by atoms with Crippen molar-refractivity contribution in [2.45, 2.75) is 17.4 Å². The standard InChI is InChI=1S/C14H18F3N3O5S/c15-14(16,17)25-10-1-3-11(4-2-10)26(23,24)20-8-13(22)19-6-9-5-18-7-12(9)21/h1-4,9,12,18,20-21H,5-8H2,(H,19,22). The van der Waals surface area contributed by atoms with Crippen LogP contribution in [0.4, 0.5) is 13.2 Å². The molecule has 1 aromatic carbocycles. The molecule has 0 spiro atoms. The first kappa shape index (κ1) is 20.4. The van der Waals surface area contributed by atoms with E-state index in [1.807, 2.05) is 4.72 Å². The number of alkyl halides is 3. The van der Waals surface area contributed by atoms with Crippen LogP contribution < -0.4 is 20.1 Å². The van der Waals surface area contributed by atoms with Gasteiger partial charge >= 0.3 is 6.36 Å². The van der Waals surface area contributed by atoms with Crippen molar-refractivity contribution in [2.24, 2.45) is 5.92 Å². The van der Waals surface area contributed by atoms with Gasteiger partial charge in [0.2, 0.25) is 15.9 Å². The zero-order valence-corrected chi connectivity index (χ0v) is 14.2. The number of aliphatic hydroxyl groups excluding tert-OH is 1. The van der Waals surface area contributed by atoms with Crippen LogP contribution in [0.3, 0.4) is 0 Å². The highest BCUT2D eigenvalue weighted by Gasteiger charge is 2.31. The number of hydrogen-bond donors (Lipinski definition) is 4. The van der Waals surface area contributed by atoms with Crippen molar-refractivity contribution in [1.82, 2.24) is 15.4 Å². The molecular weight excluding hydrogens is 379 g/mol. The summed E-state index contributed by atoms with van der Waals surface area (Å²) >= 11 is 0. The second-order valence-corrected chi connectivity index (χ2v) is 7.40. The number of β-amino-alcohol motifs (C(OH)–C–C–N with tert-alkyl or cyclic N) is 1. The van der Waals surface area contributed by atoms with Gasteiger partial charge in [0, 0.05) is 25.6 Å². The van der Waals surface area contributed by atoms with E-state index in [1.54, 1.807) is 0 Å². The molecule has 2 atom stereocenters. The molecule has 0 bridgehead atoms. The lowest BCUT2D eigenvalue weighted by molar-refractivity contribution is -0.274. The van der Waals surface area contributed by atoms with Gasteiger partial charge in [0.15, 0.2) is 0 Å². The van der Waals surface area contributed by atoms with E-state index in [4.69, 9.17) is 0 Å². The third kappa shape index (κ3) is 6.12. The molecule has 4 N–H and O–H groups in total. The van der Waals surface area contributed by atoms with Crippen LogP contribution in [0.1, 0.15) is 0 Å². The summed E-state index contributed by atoms with van der Waals surface area (Å²) in [4.78, 5) is 11.4. The molecule has 1 aromatic rings. The van der Waals surface area contributed by atoms with Crippen molar-refractivity contribution >= 4 is 15.9 Å². The van der Waals surface area contributed by atoms with Gasteiger partial charge in [0.05, 0.1) is 17.5 Å². The molecule has 12 heteroatoms. The summed E-state index contributed by atoms with van der Waals surface area (Å²) in [7, 11) is -4.07. The number of sulfonamides is 1. The molecule has 2 rings (SSSR count). The Labute approximate surface area is 147 Å². The Bertz CT molecular complexity index is 724. The van der Waals surface area contributed by atoms with Crippen LogP contribution >= 0.6 is 0 Å². The largest absolute Gasteiger partial charge is 0.573 e. The van der Waals surface area contributed by atoms with Crippen LogP contribution in [-0.4, -0.2) is 58.1 Å². The minimum atomic E-state index is -4.88. The first-order valence-electron chi connectivity index (χ1n) is 7.58. The average Bonchev–Trinajstić information content (AvgIpc) is 2.95. The van der Waals surface area contributed by atoms with Gasteiger partial charge in [-0.3, -0.25) is 4.79 Å². The number of ether oxygens (including phenoxy) is 1. The highest BCUT2D eigenvalue weighted by atomic mass is 32.2. The van der Waals surface area contributed by atoms with Gasteiger partial charge in [-0.1, -0.05) is 0 Å². The Morgan fingerprint density at radius 2 is 1.92 bits per heavy atom. The van der Waals surface area contributed by atoms with Gasteiger partial charge in [-0.2, -0.15) is 0 Å². The van der Waals surface area contributed by atoms with Gasteiger partial charge < -0.3 is 20.5 Å². The molecule has 1 amide bonds. The minimum absolute atomic E-state index is 0.156. The maximum Gasteiger partial charge on any atom is 0.573 e. The number of carbonyl (C=O) groups is 1. The van der Waals surface area contributed by atoms with E-state index in [0.29, 0.717) is 13.1 Å². The highest BCUT2D eigenvalue weighted by Crippen LogP contribution is 2.23. The summed E-state index contributed by atoms with van der Waals surface area (Å²) in [5.74, 6) is -1.31. The Balaban J connectivity index is 1.84. The number of amides is 1. The molecule has 0 aromatic heterocycles. The van der Waals surface area contributed by atoms with Crippen molar-refractivity contribution in [1.29, 1.82) is 0 Å². The normalized spacial score (nSPS) is 20.8. The third-order valence-electron chi connectivity index (χ3n) is 3.66. The van der Waals surface area contributed by atoms with E-state index in [1.165, 1.54) is 0 Å². The molecule has 0 aliphatic carbocycles. The summed E-state index contributed by atoms with van der Waals surface area (Å²) in [6, 6.07) is 3.58. The Morgan fingerprint density at radius 3 is 2.46 bits per heavy atom. The number of benzene rings is 1. The molecule has 0 radical (unpaired) electrons. The Kier molecular flexibility index (Phi) is 6.44. The molecule has 2 unspecified atom stereocenters.